The normalized spacial score (nSPS) is 18.1. The molecule has 1 aliphatic heterocycles. The van der Waals surface area contributed by atoms with Crippen LogP contribution in [0.1, 0.15) is 32.6 Å². The molecule has 124 valence electrons. The third-order valence-corrected chi connectivity index (χ3v) is 5.79. The van der Waals surface area contributed by atoms with E-state index < -0.39 is 10.2 Å². The van der Waals surface area contributed by atoms with Crippen LogP contribution in [-0.2, 0) is 19.7 Å². The highest BCUT2D eigenvalue weighted by atomic mass is 32.2. The molecule has 0 atom stereocenters. The van der Waals surface area contributed by atoms with Gasteiger partial charge in [0.25, 0.3) is 10.2 Å². The zero-order valence-corrected chi connectivity index (χ0v) is 13.6. The predicted molar refractivity (Wildman–Crippen MR) is 78.8 cm³/mol. The Hall–Kier alpha value is -0.700. The van der Waals surface area contributed by atoms with Crippen LogP contribution in [0, 0.1) is 5.92 Å². The molecule has 1 rings (SSSR count). The Balaban J connectivity index is 2.67. The van der Waals surface area contributed by atoms with Crippen molar-refractivity contribution in [3.05, 3.63) is 0 Å². The third-order valence-electron chi connectivity index (χ3n) is 3.75. The van der Waals surface area contributed by atoms with Gasteiger partial charge in [-0.2, -0.15) is 17.0 Å². The fourth-order valence-electron chi connectivity index (χ4n) is 2.44. The number of aliphatic hydroxyl groups excluding tert-OH is 1. The number of carbonyl (C=O) groups excluding carboxylic acids is 1. The molecule has 21 heavy (non-hydrogen) atoms. The second-order valence-electron chi connectivity index (χ2n) is 5.18. The summed E-state index contributed by atoms with van der Waals surface area (Å²) in [6.45, 7) is 2.95. The van der Waals surface area contributed by atoms with Gasteiger partial charge in [-0.25, -0.2) is 0 Å². The molecule has 0 radical (unpaired) electrons. The molecule has 1 saturated heterocycles. The fourth-order valence-corrected chi connectivity index (χ4v) is 4.11. The number of hydrogen-bond donors (Lipinski definition) is 1. The molecule has 0 aromatic carbocycles. The smallest absolute Gasteiger partial charge is 0.308 e. The number of esters is 1. The van der Waals surface area contributed by atoms with Crippen molar-refractivity contribution in [2.24, 2.45) is 5.92 Å². The molecule has 0 aliphatic carbocycles. The van der Waals surface area contributed by atoms with Gasteiger partial charge >= 0.3 is 5.97 Å². The Kier molecular flexibility index (Phi) is 7.58. The van der Waals surface area contributed by atoms with Crippen molar-refractivity contribution in [2.75, 3.05) is 39.9 Å². The number of carbonyl (C=O) groups is 1. The van der Waals surface area contributed by atoms with Gasteiger partial charge < -0.3 is 9.84 Å². The van der Waals surface area contributed by atoms with E-state index in [-0.39, 0.29) is 25.0 Å². The second-order valence-corrected chi connectivity index (χ2v) is 7.11. The van der Waals surface area contributed by atoms with Crippen LogP contribution in [0.5, 0.6) is 0 Å². The van der Waals surface area contributed by atoms with Gasteiger partial charge in [-0.3, -0.25) is 4.79 Å². The van der Waals surface area contributed by atoms with Crippen LogP contribution in [-0.4, -0.2) is 68.0 Å². The lowest BCUT2D eigenvalue weighted by Crippen LogP contribution is -2.49. The average Bonchev–Trinajstić information content (AvgIpc) is 2.50. The highest BCUT2D eigenvalue weighted by Crippen LogP contribution is 2.22. The molecule has 8 heteroatoms. The Bertz CT molecular complexity index is 418. The first-order valence-corrected chi connectivity index (χ1v) is 8.81. The summed E-state index contributed by atoms with van der Waals surface area (Å²) in [5.74, 6) is -0.492. The summed E-state index contributed by atoms with van der Waals surface area (Å²) in [6.07, 6.45) is 2.61. The Morgan fingerprint density at radius 3 is 2.43 bits per heavy atom. The molecule has 0 bridgehead atoms. The zero-order chi connectivity index (χ0) is 15.9. The van der Waals surface area contributed by atoms with Gasteiger partial charge in [0, 0.05) is 26.2 Å². The van der Waals surface area contributed by atoms with Crippen LogP contribution in [0.3, 0.4) is 0 Å². The van der Waals surface area contributed by atoms with Crippen LogP contribution in [0.4, 0.5) is 0 Å². The Morgan fingerprint density at radius 2 is 1.95 bits per heavy atom. The number of nitrogens with zero attached hydrogens (tertiary/aromatic N) is 2. The number of piperidine rings is 1. The Morgan fingerprint density at radius 1 is 1.33 bits per heavy atom. The second kappa shape index (κ2) is 8.67. The maximum absolute atomic E-state index is 12.6. The van der Waals surface area contributed by atoms with Crippen molar-refractivity contribution in [1.82, 2.24) is 8.61 Å². The summed E-state index contributed by atoms with van der Waals surface area (Å²) in [6, 6.07) is 0. The first-order valence-electron chi connectivity index (χ1n) is 7.41. The number of aliphatic hydroxyl groups is 1. The van der Waals surface area contributed by atoms with Crippen molar-refractivity contribution < 1.29 is 23.1 Å². The lowest BCUT2D eigenvalue weighted by Gasteiger charge is -2.34. The van der Waals surface area contributed by atoms with Gasteiger partial charge in [-0.15, -0.1) is 0 Å². The fraction of sp³-hybridized carbons (Fsp3) is 0.923. The molecule has 7 nitrogen and oxygen atoms in total. The molecule has 1 fully saturated rings. The predicted octanol–water partition coefficient (Wildman–Crippen LogP) is 0.211. The van der Waals surface area contributed by atoms with Crippen LogP contribution < -0.4 is 0 Å². The molecule has 1 aliphatic rings. The van der Waals surface area contributed by atoms with Crippen LogP contribution >= 0.6 is 0 Å². The molecule has 1 heterocycles. The number of rotatable bonds is 8. The molecular weight excluding hydrogens is 296 g/mol. The van der Waals surface area contributed by atoms with Gasteiger partial charge in [0.05, 0.1) is 19.6 Å². The van der Waals surface area contributed by atoms with E-state index in [2.05, 4.69) is 0 Å². The number of hydrogen-bond acceptors (Lipinski definition) is 5. The van der Waals surface area contributed by atoms with Crippen LogP contribution in [0.15, 0.2) is 0 Å². The van der Waals surface area contributed by atoms with Crippen molar-refractivity contribution in [1.29, 1.82) is 0 Å². The maximum atomic E-state index is 12.6. The molecule has 1 N–H and O–H groups in total. The number of unbranched alkanes of at least 4 members (excludes halogenated alkanes) is 1. The SMILES string of the molecule is CCCCN(CCO)S(=O)(=O)N1CCC(C(=O)OC)CC1. The largest absolute Gasteiger partial charge is 0.469 e. The van der Waals surface area contributed by atoms with E-state index in [0.717, 1.165) is 12.8 Å². The van der Waals surface area contributed by atoms with E-state index >= 15 is 0 Å². The minimum atomic E-state index is -3.56. The molecule has 0 amide bonds. The third kappa shape index (κ3) is 4.91. The first kappa shape index (κ1) is 18.3. The standard InChI is InChI=1S/C13H26N2O5S/c1-3-4-7-14(10-11-16)21(18,19)15-8-5-12(6-9-15)13(17)20-2/h12,16H,3-11H2,1-2H3. The van der Waals surface area contributed by atoms with Crippen LogP contribution in [0.25, 0.3) is 0 Å². The lowest BCUT2D eigenvalue weighted by atomic mass is 9.99. The summed E-state index contributed by atoms with van der Waals surface area (Å²) in [4.78, 5) is 11.5. The van der Waals surface area contributed by atoms with Crippen molar-refractivity contribution in [3.63, 3.8) is 0 Å². The zero-order valence-electron chi connectivity index (χ0n) is 12.8. The quantitative estimate of drug-likeness (QED) is 0.646. The molecule has 0 aromatic heterocycles. The van der Waals surface area contributed by atoms with E-state index in [1.807, 2.05) is 6.92 Å². The van der Waals surface area contributed by atoms with Gasteiger partial charge in [-0.05, 0) is 19.3 Å². The number of ether oxygens (including phenoxy) is 1. The average molecular weight is 322 g/mol. The molecule has 0 aromatic rings. The first-order chi connectivity index (χ1) is 9.97. The van der Waals surface area contributed by atoms with Gasteiger partial charge in [-0.1, -0.05) is 13.3 Å². The molecule has 0 unspecified atom stereocenters. The van der Waals surface area contributed by atoms with E-state index in [9.17, 15) is 13.2 Å². The lowest BCUT2D eigenvalue weighted by molar-refractivity contribution is -0.146. The molecular formula is C13H26N2O5S. The molecule has 0 spiro atoms. The minimum absolute atomic E-state index is 0.110. The van der Waals surface area contributed by atoms with Gasteiger partial charge in [0.2, 0.25) is 0 Å². The number of methoxy groups -OCH3 is 1. The van der Waals surface area contributed by atoms with E-state index in [1.54, 1.807) is 0 Å². The topological polar surface area (TPSA) is 87.2 Å². The van der Waals surface area contributed by atoms with E-state index in [4.69, 9.17) is 9.84 Å². The summed E-state index contributed by atoms with van der Waals surface area (Å²) < 4.78 is 32.5. The van der Waals surface area contributed by atoms with Crippen molar-refractivity contribution >= 4 is 16.2 Å². The summed E-state index contributed by atoms with van der Waals surface area (Å²) in [5.41, 5.74) is 0. The highest BCUT2D eigenvalue weighted by molar-refractivity contribution is 7.86. The van der Waals surface area contributed by atoms with Crippen molar-refractivity contribution in [2.45, 2.75) is 32.6 Å². The van der Waals surface area contributed by atoms with Gasteiger partial charge in [0.1, 0.15) is 0 Å². The van der Waals surface area contributed by atoms with E-state index in [1.165, 1.54) is 15.7 Å². The maximum Gasteiger partial charge on any atom is 0.308 e. The minimum Gasteiger partial charge on any atom is -0.469 e. The van der Waals surface area contributed by atoms with Crippen molar-refractivity contribution in [3.8, 4) is 0 Å². The van der Waals surface area contributed by atoms with E-state index in [0.29, 0.717) is 32.5 Å². The molecule has 0 saturated carbocycles. The Labute approximate surface area is 127 Å². The summed E-state index contributed by atoms with van der Waals surface area (Å²) in [5, 5.41) is 9.06. The summed E-state index contributed by atoms with van der Waals surface area (Å²) in [7, 11) is -2.21. The highest BCUT2D eigenvalue weighted by Gasteiger charge is 2.34. The summed E-state index contributed by atoms with van der Waals surface area (Å²) >= 11 is 0. The monoisotopic (exact) mass is 322 g/mol. The van der Waals surface area contributed by atoms with Crippen LogP contribution in [0.2, 0.25) is 0 Å². The van der Waals surface area contributed by atoms with Gasteiger partial charge in [0.15, 0.2) is 0 Å².